The number of carbonyl (C=O) groups is 4. The van der Waals surface area contributed by atoms with Crippen molar-refractivity contribution in [1.29, 1.82) is 0 Å². The molecule has 0 aliphatic carbocycles. The molecule has 0 heterocycles. The largest absolute Gasteiger partial charge is 0.508 e. The van der Waals surface area contributed by atoms with Crippen LogP contribution < -0.4 is 27.4 Å². The zero-order valence-electron chi connectivity index (χ0n) is 21.6. The summed E-state index contributed by atoms with van der Waals surface area (Å²) in [6, 6.07) is 10.4. The molecule has 0 saturated heterocycles. The summed E-state index contributed by atoms with van der Waals surface area (Å²) in [6.07, 6.45) is 1.44. The van der Waals surface area contributed by atoms with Gasteiger partial charge in [0.2, 0.25) is 17.7 Å². The second-order valence-corrected chi connectivity index (χ2v) is 9.16. The molecular formula is C27H37N5O7. The van der Waals surface area contributed by atoms with Crippen molar-refractivity contribution in [2.75, 3.05) is 13.2 Å². The maximum atomic E-state index is 13.4. The number of rotatable bonds is 16. The number of unbranched alkanes of at least 4 members (excludes halogenated alkanes) is 1. The molecule has 0 bridgehead atoms. The lowest BCUT2D eigenvalue weighted by Crippen LogP contribution is -2.58. The zero-order valence-corrected chi connectivity index (χ0v) is 21.6. The topological polar surface area (TPSA) is 217 Å². The van der Waals surface area contributed by atoms with Gasteiger partial charge in [-0.05, 0) is 55.5 Å². The van der Waals surface area contributed by atoms with E-state index in [-0.39, 0.29) is 25.0 Å². The van der Waals surface area contributed by atoms with E-state index in [1.165, 1.54) is 12.1 Å². The number of hydrogen-bond acceptors (Lipinski definition) is 8. The molecule has 4 unspecified atom stereocenters. The van der Waals surface area contributed by atoms with Gasteiger partial charge in [-0.15, -0.1) is 0 Å². The first-order valence-corrected chi connectivity index (χ1v) is 12.7. The van der Waals surface area contributed by atoms with Gasteiger partial charge in [-0.25, -0.2) is 4.79 Å². The summed E-state index contributed by atoms with van der Waals surface area (Å²) in [5.74, 6) is -3.46. The summed E-state index contributed by atoms with van der Waals surface area (Å²) in [5, 5.41) is 35.5. The summed E-state index contributed by atoms with van der Waals surface area (Å²) in [7, 11) is 0. The number of carboxylic acids is 1. The molecule has 0 spiro atoms. The van der Waals surface area contributed by atoms with E-state index in [9.17, 15) is 34.5 Å². The van der Waals surface area contributed by atoms with E-state index in [0.717, 1.165) is 5.56 Å². The van der Waals surface area contributed by atoms with Crippen LogP contribution in [0.1, 0.15) is 30.4 Å². The summed E-state index contributed by atoms with van der Waals surface area (Å²) >= 11 is 0. The summed E-state index contributed by atoms with van der Waals surface area (Å²) in [5.41, 5.74) is 13.1. The number of phenolic OH excluding ortho intramolecular Hbond substituents is 1. The molecular weight excluding hydrogens is 506 g/mol. The van der Waals surface area contributed by atoms with Crippen LogP contribution in [0.3, 0.4) is 0 Å². The number of aliphatic hydroxyl groups excluding tert-OH is 1. The van der Waals surface area contributed by atoms with E-state index >= 15 is 0 Å². The lowest BCUT2D eigenvalue weighted by molar-refractivity contribution is -0.143. The van der Waals surface area contributed by atoms with Gasteiger partial charge >= 0.3 is 5.97 Å². The second-order valence-electron chi connectivity index (χ2n) is 9.16. The highest BCUT2D eigenvalue weighted by molar-refractivity contribution is 5.94. The zero-order chi connectivity index (χ0) is 28.8. The Bertz CT molecular complexity index is 1080. The molecule has 39 heavy (non-hydrogen) atoms. The van der Waals surface area contributed by atoms with Gasteiger partial charge in [-0.1, -0.05) is 42.5 Å². The van der Waals surface area contributed by atoms with Gasteiger partial charge in [-0.3, -0.25) is 14.4 Å². The molecule has 3 amide bonds. The first-order valence-electron chi connectivity index (χ1n) is 12.7. The van der Waals surface area contributed by atoms with E-state index < -0.39 is 54.5 Å². The normalized spacial score (nSPS) is 13.9. The van der Waals surface area contributed by atoms with Crippen LogP contribution >= 0.6 is 0 Å². The number of hydrogen-bond donors (Lipinski definition) is 8. The third-order valence-electron chi connectivity index (χ3n) is 6.02. The molecule has 0 saturated carbocycles. The van der Waals surface area contributed by atoms with Gasteiger partial charge in [0.1, 0.15) is 23.9 Å². The van der Waals surface area contributed by atoms with E-state index in [2.05, 4.69) is 16.0 Å². The number of aromatic hydroxyl groups is 1. The fourth-order valence-corrected chi connectivity index (χ4v) is 3.81. The molecule has 0 fully saturated rings. The van der Waals surface area contributed by atoms with Gasteiger partial charge in [-0.2, -0.15) is 0 Å². The Kier molecular flexibility index (Phi) is 12.9. The van der Waals surface area contributed by atoms with Crippen LogP contribution in [0.5, 0.6) is 5.75 Å². The molecule has 12 nitrogen and oxygen atoms in total. The van der Waals surface area contributed by atoms with E-state index in [1.807, 2.05) is 30.3 Å². The molecule has 212 valence electrons. The van der Waals surface area contributed by atoms with Gasteiger partial charge in [0.25, 0.3) is 0 Å². The molecule has 2 rings (SSSR count). The van der Waals surface area contributed by atoms with Crippen LogP contribution in [0.15, 0.2) is 54.6 Å². The van der Waals surface area contributed by atoms with Crippen molar-refractivity contribution in [3.05, 3.63) is 65.7 Å². The van der Waals surface area contributed by atoms with Crippen LogP contribution in [0, 0.1) is 0 Å². The quantitative estimate of drug-likeness (QED) is 0.124. The number of benzene rings is 2. The minimum absolute atomic E-state index is 0.0292. The van der Waals surface area contributed by atoms with Crippen LogP contribution in [0.4, 0.5) is 0 Å². The van der Waals surface area contributed by atoms with E-state index in [0.29, 0.717) is 24.9 Å². The van der Waals surface area contributed by atoms with Crippen LogP contribution in [0.2, 0.25) is 0 Å². The molecule has 10 N–H and O–H groups in total. The van der Waals surface area contributed by atoms with Crippen molar-refractivity contribution in [2.45, 2.75) is 56.3 Å². The number of nitrogens with two attached hydrogens (primary N) is 2. The van der Waals surface area contributed by atoms with Crippen molar-refractivity contribution in [1.82, 2.24) is 16.0 Å². The highest BCUT2D eigenvalue weighted by atomic mass is 16.4. The Hall–Kier alpha value is -4.00. The summed E-state index contributed by atoms with van der Waals surface area (Å²) in [6.45, 7) is -0.473. The molecule has 2 aromatic carbocycles. The van der Waals surface area contributed by atoms with Gasteiger partial charge in [0.15, 0.2) is 0 Å². The van der Waals surface area contributed by atoms with Gasteiger partial charge in [0.05, 0.1) is 12.6 Å². The third kappa shape index (κ3) is 10.7. The third-order valence-corrected chi connectivity index (χ3v) is 6.02. The fourth-order valence-electron chi connectivity index (χ4n) is 3.81. The second kappa shape index (κ2) is 16.1. The van der Waals surface area contributed by atoms with Crippen molar-refractivity contribution < 1.29 is 34.5 Å². The van der Waals surface area contributed by atoms with Gasteiger partial charge in [0, 0.05) is 6.42 Å². The maximum Gasteiger partial charge on any atom is 0.328 e. The smallest absolute Gasteiger partial charge is 0.328 e. The van der Waals surface area contributed by atoms with Crippen molar-refractivity contribution in [3.8, 4) is 5.75 Å². The average molecular weight is 544 g/mol. The van der Waals surface area contributed by atoms with Crippen molar-refractivity contribution >= 4 is 23.7 Å². The number of aliphatic hydroxyl groups is 1. The number of nitrogens with one attached hydrogen (secondary N) is 3. The molecule has 0 aromatic heterocycles. The Balaban J connectivity index is 2.21. The lowest BCUT2D eigenvalue weighted by Gasteiger charge is -2.25. The predicted molar refractivity (Wildman–Crippen MR) is 143 cm³/mol. The van der Waals surface area contributed by atoms with Crippen LogP contribution in [0.25, 0.3) is 0 Å². The molecule has 2 aromatic rings. The summed E-state index contributed by atoms with van der Waals surface area (Å²) in [4.78, 5) is 50.4. The molecule has 0 radical (unpaired) electrons. The highest BCUT2D eigenvalue weighted by Gasteiger charge is 2.30. The fraction of sp³-hybridized carbons (Fsp3) is 0.407. The Morgan fingerprint density at radius 2 is 1.31 bits per heavy atom. The number of aliphatic carboxylic acids is 1. The summed E-state index contributed by atoms with van der Waals surface area (Å²) < 4.78 is 0. The highest BCUT2D eigenvalue weighted by Crippen LogP contribution is 2.12. The number of amides is 3. The average Bonchev–Trinajstić information content (AvgIpc) is 2.92. The number of carbonyl (C=O) groups excluding carboxylic acids is 3. The van der Waals surface area contributed by atoms with Crippen molar-refractivity contribution in [3.63, 3.8) is 0 Å². The molecule has 12 heteroatoms. The number of carboxylic acid groups (broad SMARTS) is 1. The van der Waals surface area contributed by atoms with Crippen molar-refractivity contribution in [2.24, 2.45) is 11.5 Å². The Morgan fingerprint density at radius 3 is 1.90 bits per heavy atom. The number of phenols is 1. The lowest BCUT2D eigenvalue weighted by atomic mass is 10.0. The Labute approximate surface area is 226 Å². The van der Waals surface area contributed by atoms with Crippen LogP contribution in [-0.2, 0) is 32.0 Å². The van der Waals surface area contributed by atoms with E-state index in [1.54, 1.807) is 12.1 Å². The van der Waals surface area contributed by atoms with Gasteiger partial charge < -0.3 is 42.7 Å². The predicted octanol–water partition coefficient (Wildman–Crippen LogP) is -0.835. The minimum Gasteiger partial charge on any atom is -0.508 e. The first kappa shape index (κ1) is 31.2. The first-order chi connectivity index (χ1) is 18.6. The molecule has 0 aliphatic rings. The van der Waals surface area contributed by atoms with E-state index in [4.69, 9.17) is 11.5 Å². The maximum absolute atomic E-state index is 13.4. The molecule has 4 atom stereocenters. The monoisotopic (exact) mass is 543 g/mol. The standard InChI is InChI=1S/C27H37N5O7/c28-13-5-4-8-21(25(36)32-23(16-33)27(38)39)30-26(37)22(15-18-9-11-19(34)12-10-18)31-24(35)20(29)14-17-6-2-1-3-7-17/h1-3,6-7,9-12,20-23,33-34H,4-5,8,13-16,28-29H2,(H,30,37)(H,31,35)(H,32,36)(H,38,39). The SMILES string of the molecule is NCCCCC(NC(=O)C(Cc1ccc(O)cc1)NC(=O)C(N)Cc1ccccc1)C(=O)NC(CO)C(=O)O. The minimum atomic E-state index is -1.55. The molecule has 0 aliphatic heterocycles. The van der Waals surface area contributed by atoms with Crippen LogP contribution in [-0.4, -0.2) is 76.3 Å². The Morgan fingerprint density at radius 1 is 0.744 bits per heavy atom.